The van der Waals surface area contributed by atoms with Crippen LogP contribution in [0.5, 0.6) is 17.2 Å². The maximum absolute atomic E-state index is 9.02. The number of nitrogens with zero attached hydrogens (tertiary/aromatic N) is 1. The quantitative estimate of drug-likeness (QED) is 0.902. The topological polar surface area (TPSA) is 68.3 Å². The Hall–Kier alpha value is -2.03. The van der Waals surface area contributed by atoms with Gasteiger partial charge in [-0.05, 0) is 52.7 Å². The molecular formula is C16H15BrN2O2. The molecule has 1 atom stereocenters. The Labute approximate surface area is 132 Å². The van der Waals surface area contributed by atoms with Gasteiger partial charge in [-0.1, -0.05) is 6.07 Å². The molecule has 0 aliphatic heterocycles. The summed E-state index contributed by atoms with van der Waals surface area (Å²) in [7, 11) is 1.55. The Morgan fingerprint density at radius 3 is 2.48 bits per heavy atom. The Kier molecular flexibility index (Phi) is 4.84. The molecule has 2 rings (SSSR count). The third-order valence-corrected chi connectivity index (χ3v) is 3.57. The van der Waals surface area contributed by atoms with Gasteiger partial charge in [0.1, 0.15) is 17.2 Å². The van der Waals surface area contributed by atoms with E-state index in [2.05, 4.69) is 22.0 Å². The van der Waals surface area contributed by atoms with Crippen molar-refractivity contribution in [2.45, 2.75) is 13.0 Å². The lowest BCUT2D eigenvalue weighted by atomic mass is 10.1. The number of nitriles is 1. The lowest BCUT2D eigenvalue weighted by Gasteiger charge is -2.12. The fourth-order valence-corrected chi connectivity index (χ4v) is 2.30. The van der Waals surface area contributed by atoms with Gasteiger partial charge in [0.05, 0.1) is 23.2 Å². The summed E-state index contributed by atoms with van der Waals surface area (Å²) in [4.78, 5) is 0. The molecular weight excluding hydrogens is 332 g/mol. The van der Waals surface area contributed by atoms with Gasteiger partial charge in [0, 0.05) is 12.1 Å². The Balaban J connectivity index is 2.32. The highest BCUT2D eigenvalue weighted by Gasteiger charge is 2.08. The molecule has 0 aliphatic rings. The number of rotatable bonds is 4. The van der Waals surface area contributed by atoms with Crippen molar-refractivity contribution in [3.63, 3.8) is 0 Å². The second-order valence-corrected chi connectivity index (χ2v) is 5.44. The van der Waals surface area contributed by atoms with Crippen LogP contribution in [0.3, 0.4) is 0 Å². The van der Waals surface area contributed by atoms with E-state index in [1.807, 2.05) is 25.1 Å². The molecule has 4 nitrogen and oxygen atoms in total. The fourth-order valence-electron chi connectivity index (χ4n) is 1.82. The van der Waals surface area contributed by atoms with Crippen LogP contribution in [-0.2, 0) is 0 Å². The van der Waals surface area contributed by atoms with Crippen molar-refractivity contribution in [3.05, 3.63) is 52.0 Å². The largest absolute Gasteiger partial charge is 0.497 e. The zero-order chi connectivity index (χ0) is 15.4. The van der Waals surface area contributed by atoms with Crippen LogP contribution in [-0.4, -0.2) is 7.11 Å². The molecule has 0 bridgehead atoms. The summed E-state index contributed by atoms with van der Waals surface area (Å²) in [5.74, 6) is 1.77. The first kappa shape index (κ1) is 15.4. The van der Waals surface area contributed by atoms with Crippen LogP contribution in [0.1, 0.15) is 24.1 Å². The van der Waals surface area contributed by atoms with Gasteiger partial charge < -0.3 is 15.2 Å². The van der Waals surface area contributed by atoms with Crippen LogP contribution in [0.25, 0.3) is 0 Å². The molecule has 0 saturated heterocycles. The standard InChI is InChI=1S/C16H15BrN2O2/c1-10(19)12-3-4-16(15(17)7-12)21-14-6-11(9-18)5-13(8-14)20-2/h3-8,10H,19H2,1-2H3. The highest BCUT2D eigenvalue weighted by atomic mass is 79.9. The van der Waals surface area contributed by atoms with Crippen LogP contribution in [0, 0.1) is 11.3 Å². The summed E-state index contributed by atoms with van der Waals surface area (Å²) in [6.45, 7) is 1.92. The maximum Gasteiger partial charge on any atom is 0.141 e. The third-order valence-electron chi connectivity index (χ3n) is 2.95. The molecule has 0 heterocycles. The summed E-state index contributed by atoms with van der Waals surface area (Å²) in [6.07, 6.45) is 0. The van der Waals surface area contributed by atoms with E-state index in [0.29, 0.717) is 22.8 Å². The second kappa shape index (κ2) is 6.61. The second-order valence-electron chi connectivity index (χ2n) is 4.59. The highest BCUT2D eigenvalue weighted by Crippen LogP contribution is 2.33. The van der Waals surface area contributed by atoms with Crippen molar-refractivity contribution >= 4 is 15.9 Å². The van der Waals surface area contributed by atoms with Crippen LogP contribution in [0.4, 0.5) is 0 Å². The van der Waals surface area contributed by atoms with Crippen molar-refractivity contribution in [2.24, 2.45) is 5.73 Å². The van der Waals surface area contributed by atoms with Crippen molar-refractivity contribution in [1.29, 1.82) is 5.26 Å². The molecule has 0 amide bonds. The van der Waals surface area contributed by atoms with Crippen molar-refractivity contribution in [1.82, 2.24) is 0 Å². The number of halogens is 1. The normalized spacial score (nSPS) is 11.6. The van der Waals surface area contributed by atoms with Crippen LogP contribution in [0.15, 0.2) is 40.9 Å². The molecule has 0 aliphatic carbocycles. The molecule has 0 radical (unpaired) electrons. The van der Waals surface area contributed by atoms with Crippen LogP contribution in [0.2, 0.25) is 0 Å². The first-order valence-electron chi connectivity index (χ1n) is 6.35. The van der Waals surface area contributed by atoms with Crippen molar-refractivity contribution < 1.29 is 9.47 Å². The zero-order valence-corrected chi connectivity index (χ0v) is 13.3. The van der Waals surface area contributed by atoms with Crippen LogP contribution >= 0.6 is 15.9 Å². The maximum atomic E-state index is 9.02. The number of methoxy groups -OCH3 is 1. The molecule has 2 aromatic carbocycles. The predicted molar refractivity (Wildman–Crippen MR) is 84.5 cm³/mol. The van der Waals surface area contributed by atoms with Gasteiger partial charge in [-0.25, -0.2) is 0 Å². The molecule has 2 N–H and O–H groups in total. The van der Waals surface area contributed by atoms with E-state index in [-0.39, 0.29) is 6.04 Å². The first-order valence-corrected chi connectivity index (χ1v) is 7.15. The van der Waals surface area contributed by atoms with Gasteiger partial charge >= 0.3 is 0 Å². The summed E-state index contributed by atoms with van der Waals surface area (Å²) < 4.78 is 11.8. The average molecular weight is 347 g/mol. The first-order chi connectivity index (χ1) is 10.0. The molecule has 0 saturated carbocycles. The SMILES string of the molecule is COc1cc(C#N)cc(Oc2ccc(C(C)N)cc2Br)c1. The summed E-state index contributed by atoms with van der Waals surface area (Å²) >= 11 is 3.47. The lowest BCUT2D eigenvalue weighted by Crippen LogP contribution is -2.04. The molecule has 2 aromatic rings. The number of hydrogen-bond donors (Lipinski definition) is 1. The van der Waals surface area contributed by atoms with Gasteiger partial charge in [0.25, 0.3) is 0 Å². The number of ether oxygens (including phenoxy) is 2. The summed E-state index contributed by atoms with van der Waals surface area (Å²) in [6, 6.07) is 12.8. The minimum absolute atomic E-state index is 0.0441. The van der Waals surface area contributed by atoms with Crippen molar-refractivity contribution in [2.75, 3.05) is 7.11 Å². The average Bonchev–Trinajstić information content (AvgIpc) is 2.48. The molecule has 0 spiro atoms. The molecule has 1 unspecified atom stereocenters. The van der Waals surface area contributed by atoms with E-state index in [1.54, 1.807) is 25.3 Å². The van der Waals surface area contributed by atoms with E-state index >= 15 is 0 Å². The van der Waals surface area contributed by atoms with Gasteiger partial charge in [-0.15, -0.1) is 0 Å². The number of benzene rings is 2. The summed E-state index contributed by atoms with van der Waals surface area (Å²) in [5, 5.41) is 9.02. The van der Waals surface area contributed by atoms with Crippen LogP contribution < -0.4 is 15.2 Å². The Morgan fingerprint density at radius 2 is 1.90 bits per heavy atom. The molecule has 0 fully saturated rings. The fraction of sp³-hybridized carbons (Fsp3) is 0.188. The Bertz CT molecular complexity index is 693. The van der Waals surface area contributed by atoms with Gasteiger partial charge in [0.2, 0.25) is 0 Å². The molecule has 0 aromatic heterocycles. The molecule has 21 heavy (non-hydrogen) atoms. The number of nitrogens with two attached hydrogens (primary N) is 1. The lowest BCUT2D eigenvalue weighted by molar-refractivity contribution is 0.408. The Morgan fingerprint density at radius 1 is 1.19 bits per heavy atom. The predicted octanol–water partition coefficient (Wildman–Crippen LogP) is 4.14. The highest BCUT2D eigenvalue weighted by molar-refractivity contribution is 9.10. The van der Waals surface area contributed by atoms with E-state index in [1.165, 1.54) is 0 Å². The van der Waals surface area contributed by atoms with Crippen molar-refractivity contribution in [3.8, 4) is 23.3 Å². The minimum Gasteiger partial charge on any atom is -0.497 e. The van der Waals surface area contributed by atoms with E-state index in [9.17, 15) is 0 Å². The van der Waals surface area contributed by atoms with Gasteiger partial charge in [-0.3, -0.25) is 0 Å². The van der Waals surface area contributed by atoms with Gasteiger partial charge in [-0.2, -0.15) is 5.26 Å². The van der Waals surface area contributed by atoms with E-state index < -0.39 is 0 Å². The van der Waals surface area contributed by atoms with E-state index in [0.717, 1.165) is 10.0 Å². The number of hydrogen-bond acceptors (Lipinski definition) is 4. The third kappa shape index (κ3) is 3.75. The molecule has 108 valence electrons. The monoisotopic (exact) mass is 346 g/mol. The molecule has 5 heteroatoms. The minimum atomic E-state index is -0.0441. The van der Waals surface area contributed by atoms with E-state index in [4.69, 9.17) is 20.5 Å². The van der Waals surface area contributed by atoms with Gasteiger partial charge in [0.15, 0.2) is 0 Å². The smallest absolute Gasteiger partial charge is 0.141 e. The zero-order valence-electron chi connectivity index (χ0n) is 11.8. The summed E-state index contributed by atoms with van der Waals surface area (Å²) in [5.41, 5.74) is 7.34.